The van der Waals surface area contributed by atoms with Crippen molar-refractivity contribution in [2.24, 2.45) is 0 Å². The molecular weight excluding hydrogens is 310 g/mol. The van der Waals surface area contributed by atoms with E-state index in [1.165, 1.54) is 11.3 Å². The zero-order chi connectivity index (χ0) is 17.6. The Morgan fingerprint density at radius 1 is 1.04 bits per heavy atom. The van der Waals surface area contributed by atoms with E-state index in [4.69, 9.17) is 0 Å². The smallest absolute Gasteiger partial charge is 0.234 e. The molecule has 0 spiro atoms. The van der Waals surface area contributed by atoms with E-state index in [0.29, 0.717) is 6.54 Å². The van der Waals surface area contributed by atoms with Crippen molar-refractivity contribution in [1.82, 2.24) is 10.2 Å². The first-order chi connectivity index (χ1) is 12.1. The van der Waals surface area contributed by atoms with Gasteiger partial charge < -0.3 is 10.2 Å². The van der Waals surface area contributed by atoms with Gasteiger partial charge in [-0.25, -0.2) is 0 Å². The zero-order valence-electron chi connectivity index (χ0n) is 15.1. The van der Waals surface area contributed by atoms with Crippen molar-refractivity contribution < 1.29 is 4.79 Å². The molecule has 1 aliphatic heterocycles. The Labute approximate surface area is 150 Å². The highest BCUT2D eigenvalue weighted by Gasteiger charge is 2.20. The molecule has 1 heterocycles. The topological polar surface area (TPSA) is 35.6 Å². The van der Waals surface area contributed by atoms with Crippen molar-refractivity contribution in [3.63, 3.8) is 0 Å². The van der Waals surface area contributed by atoms with E-state index in [1.807, 2.05) is 37.3 Å². The van der Waals surface area contributed by atoms with Crippen molar-refractivity contribution in [3.8, 4) is 0 Å². The fourth-order valence-corrected chi connectivity index (χ4v) is 3.30. The number of hydrogen-bond donors (Lipinski definition) is 1. The molecule has 0 saturated carbocycles. The van der Waals surface area contributed by atoms with Gasteiger partial charge in [-0.05, 0) is 37.1 Å². The number of hydrogen-bond acceptors (Lipinski definition) is 3. The number of carbonyl (C=O) groups excluding carboxylic acids is 1. The Kier molecular flexibility index (Phi) is 5.71. The zero-order valence-corrected chi connectivity index (χ0v) is 15.1. The molecule has 1 fully saturated rings. The summed E-state index contributed by atoms with van der Waals surface area (Å²) in [6.45, 7) is 8.39. The molecule has 132 valence electrons. The lowest BCUT2D eigenvalue weighted by molar-refractivity contribution is -0.123. The fraction of sp³-hybridized carbons (Fsp3) is 0.381. The maximum atomic E-state index is 12.3. The lowest BCUT2D eigenvalue weighted by atomic mass is 10.1. The Morgan fingerprint density at radius 2 is 1.76 bits per heavy atom. The van der Waals surface area contributed by atoms with E-state index in [-0.39, 0.29) is 11.9 Å². The van der Waals surface area contributed by atoms with Gasteiger partial charge in [0, 0.05) is 31.9 Å². The van der Waals surface area contributed by atoms with Gasteiger partial charge in [0.1, 0.15) is 0 Å². The van der Waals surface area contributed by atoms with Crippen LogP contribution in [-0.4, -0.2) is 43.5 Å². The molecule has 3 rings (SSSR count). The fourth-order valence-electron chi connectivity index (χ4n) is 3.30. The third-order valence-electron chi connectivity index (χ3n) is 4.78. The predicted molar refractivity (Wildman–Crippen MR) is 103 cm³/mol. The Bertz CT molecular complexity index is 693. The number of aryl methyl sites for hydroxylation is 1. The van der Waals surface area contributed by atoms with Crippen LogP contribution < -0.4 is 10.2 Å². The van der Waals surface area contributed by atoms with Crippen LogP contribution in [0.2, 0.25) is 0 Å². The minimum Gasteiger partial charge on any atom is -0.369 e. The van der Waals surface area contributed by atoms with Crippen LogP contribution in [0.1, 0.15) is 24.1 Å². The van der Waals surface area contributed by atoms with Gasteiger partial charge in [-0.2, -0.15) is 0 Å². The summed E-state index contributed by atoms with van der Waals surface area (Å²) >= 11 is 0. The number of benzene rings is 2. The van der Waals surface area contributed by atoms with Crippen molar-refractivity contribution >= 4 is 11.6 Å². The molecule has 1 unspecified atom stereocenters. The summed E-state index contributed by atoms with van der Waals surface area (Å²) < 4.78 is 0. The molecule has 0 bridgehead atoms. The number of amides is 1. The number of piperazine rings is 1. The highest BCUT2D eigenvalue weighted by atomic mass is 16.2. The van der Waals surface area contributed by atoms with Gasteiger partial charge in [-0.1, -0.05) is 42.5 Å². The van der Waals surface area contributed by atoms with Crippen LogP contribution in [-0.2, 0) is 4.79 Å². The molecule has 1 N–H and O–H groups in total. The van der Waals surface area contributed by atoms with Crippen LogP contribution in [0.15, 0.2) is 54.6 Å². The molecule has 1 saturated heterocycles. The summed E-state index contributed by atoms with van der Waals surface area (Å²) in [5, 5.41) is 3.10. The molecule has 0 radical (unpaired) electrons. The van der Waals surface area contributed by atoms with Gasteiger partial charge in [0.2, 0.25) is 5.91 Å². The number of rotatable bonds is 5. The van der Waals surface area contributed by atoms with Crippen molar-refractivity contribution in [3.05, 3.63) is 65.7 Å². The van der Waals surface area contributed by atoms with E-state index in [0.717, 1.165) is 31.7 Å². The number of anilines is 1. The minimum atomic E-state index is 0.0438. The van der Waals surface area contributed by atoms with Gasteiger partial charge in [0.25, 0.3) is 0 Å². The van der Waals surface area contributed by atoms with Crippen LogP contribution in [0, 0.1) is 6.92 Å². The Balaban J connectivity index is 1.46. The van der Waals surface area contributed by atoms with Gasteiger partial charge in [0.05, 0.1) is 12.6 Å². The van der Waals surface area contributed by atoms with Gasteiger partial charge in [0.15, 0.2) is 0 Å². The number of nitrogens with one attached hydrogen (secondary N) is 1. The standard InChI is InChI=1S/C21H27N3O/c1-17-7-6-10-20(15-17)24-13-11-23(12-14-24)16-21(25)22-18(2)19-8-4-3-5-9-19/h3-10,15,18H,11-14,16H2,1-2H3,(H,22,25). The van der Waals surface area contributed by atoms with Crippen LogP contribution in [0.25, 0.3) is 0 Å². The normalized spacial score (nSPS) is 16.5. The average molecular weight is 337 g/mol. The molecule has 0 aliphatic carbocycles. The maximum Gasteiger partial charge on any atom is 0.234 e. The van der Waals surface area contributed by atoms with Crippen molar-refractivity contribution in [1.29, 1.82) is 0 Å². The summed E-state index contributed by atoms with van der Waals surface area (Å²) in [4.78, 5) is 17.0. The third-order valence-corrected chi connectivity index (χ3v) is 4.78. The van der Waals surface area contributed by atoms with Crippen LogP contribution in [0.4, 0.5) is 5.69 Å². The maximum absolute atomic E-state index is 12.3. The molecule has 1 atom stereocenters. The van der Waals surface area contributed by atoms with E-state index in [9.17, 15) is 4.79 Å². The highest BCUT2D eigenvalue weighted by Crippen LogP contribution is 2.18. The third kappa shape index (κ3) is 4.83. The second-order valence-electron chi connectivity index (χ2n) is 6.80. The average Bonchev–Trinajstić information content (AvgIpc) is 2.63. The summed E-state index contributed by atoms with van der Waals surface area (Å²) in [6, 6.07) is 18.8. The van der Waals surface area contributed by atoms with Crippen LogP contribution >= 0.6 is 0 Å². The molecule has 1 amide bonds. The molecule has 25 heavy (non-hydrogen) atoms. The van der Waals surface area contributed by atoms with E-state index < -0.39 is 0 Å². The monoisotopic (exact) mass is 337 g/mol. The number of nitrogens with zero attached hydrogens (tertiary/aromatic N) is 2. The Hall–Kier alpha value is -2.33. The predicted octanol–water partition coefficient (Wildman–Crippen LogP) is 2.99. The Morgan fingerprint density at radius 3 is 2.44 bits per heavy atom. The number of carbonyl (C=O) groups is 1. The second-order valence-corrected chi connectivity index (χ2v) is 6.80. The summed E-state index contributed by atoms with van der Waals surface area (Å²) in [5.74, 6) is 0.0976. The van der Waals surface area contributed by atoms with Gasteiger partial charge >= 0.3 is 0 Å². The van der Waals surface area contributed by atoms with Crippen molar-refractivity contribution in [2.45, 2.75) is 19.9 Å². The van der Waals surface area contributed by atoms with Gasteiger partial charge in [-0.3, -0.25) is 9.69 Å². The van der Waals surface area contributed by atoms with Crippen LogP contribution in [0.3, 0.4) is 0 Å². The van der Waals surface area contributed by atoms with Crippen molar-refractivity contribution in [2.75, 3.05) is 37.6 Å². The van der Waals surface area contributed by atoms with Crippen LogP contribution in [0.5, 0.6) is 0 Å². The summed E-state index contributed by atoms with van der Waals surface area (Å²) in [6.07, 6.45) is 0. The first-order valence-corrected chi connectivity index (χ1v) is 9.00. The summed E-state index contributed by atoms with van der Waals surface area (Å²) in [7, 11) is 0. The molecular formula is C21H27N3O. The van der Waals surface area contributed by atoms with E-state index in [1.54, 1.807) is 0 Å². The minimum absolute atomic E-state index is 0.0438. The largest absolute Gasteiger partial charge is 0.369 e. The molecule has 2 aromatic rings. The lowest BCUT2D eigenvalue weighted by Gasteiger charge is -2.36. The molecule has 4 heteroatoms. The summed E-state index contributed by atoms with van der Waals surface area (Å²) in [5.41, 5.74) is 3.70. The SMILES string of the molecule is Cc1cccc(N2CCN(CC(=O)NC(C)c3ccccc3)CC2)c1. The molecule has 0 aromatic heterocycles. The molecule has 1 aliphatic rings. The van der Waals surface area contributed by atoms with Gasteiger partial charge in [-0.15, -0.1) is 0 Å². The second kappa shape index (κ2) is 8.17. The lowest BCUT2D eigenvalue weighted by Crippen LogP contribution is -2.49. The quantitative estimate of drug-likeness (QED) is 0.911. The van der Waals surface area contributed by atoms with E-state index in [2.05, 4.69) is 46.3 Å². The first-order valence-electron chi connectivity index (χ1n) is 9.00. The molecule has 4 nitrogen and oxygen atoms in total. The first kappa shape index (κ1) is 17.5. The molecule has 2 aromatic carbocycles. The van der Waals surface area contributed by atoms with E-state index >= 15 is 0 Å². The highest BCUT2D eigenvalue weighted by molar-refractivity contribution is 5.78.